The Bertz CT molecular complexity index is 751. The van der Waals surface area contributed by atoms with Crippen LogP contribution >= 0.6 is 11.6 Å². The maximum atomic E-state index is 12.8. The van der Waals surface area contributed by atoms with E-state index in [-0.39, 0.29) is 17.6 Å². The highest BCUT2D eigenvalue weighted by Gasteiger charge is 2.09. The molecule has 0 radical (unpaired) electrons. The normalized spacial score (nSPS) is 10.3. The maximum Gasteiger partial charge on any atom is 0.251 e. The topological polar surface area (TPSA) is 58.6 Å². The third-order valence-electron chi connectivity index (χ3n) is 3.89. The number of hydrogen-bond acceptors (Lipinski definition) is 3. The van der Waals surface area contributed by atoms with Crippen LogP contribution in [0.5, 0.6) is 5.75 Å². The molecule has 27 heavy (non-hydrogen) atoms. The number of ether oxygens (including phenoxy) is 1. The Kier molecular flexibility index (Phi) is 8.07. The SMILES string of the molecule is CN(CCOc1ccc(F)cc1)C(=O)CCCNC(=O)c1ccc(Cl)cc1. The van der Waals surface area contributed by atoms with Crippen LogP contribution < -0.4 is 10.1 Å². The number of halogens is 2. The fourth-order valence-electron chi connectivity index (χ4n) is 2.29. The van der Waals surface area contributed by atoms with Crippen LogP contribution in [0.1, 0.15) is 23.2 Å². The molecule has 0 unspecified atom stereocenters. The molecule has 0 aliphatic heterocycles. The van der Waals surface area contributed by atoms with Crippen molar-refractivity contribution in [1.82, 2.24) is 10.2 Å². The van der Waals surface area contributed by atoms with Crippen LogP contribution in [-0.4, -0.2) is 43.5 Å². The molecule has 0 aromatic heterocycles. The number of carbonyl (C=O) groups is 2. The molecule has 5 nitrogen and oxygen atoms in total. The summed E-state index contributed by atoms with van der Waals surface area (Å²) in [4.78, 5) is 25.6. The van der Waals surface area contributed by atoms with Crippen molar-refractivity contribution in [2.45, 2.75) is 12.8 Å². The van der Waals surface area contributed by atoms with Gasteiger partial charge < -0.3 is 15.0 Å². The summed E-state index contributed by atoms with van der Waals surface area (Å²) in [6.45, 7) is 1.15. The van der Waals surface area contributed by atoms with Crippen molar-refractivity contribution in [3.05, 3.63) is 64.9 Å². The molecule has 144 valence electrons. The summed E-state index contributed by atoms with van der Waals surface area (Å²) in [7, 11) is 1.70. The molecular formula is C20H22ClFN2O3. The molecule has 1 N–H and O–H groups in total. The highest BCUT2D eigenvalue weighted by Crippen LogP contribution is 2.11. The van der Waals surface area contributed by atoms with Gasteiger partial charge in [0.05, 0.1) is 6.54 Å². The Balaban J connectivity index is 1.61. The number of hydrogen-bond donors (Lipinski definition) is 1. The van der Waals surface area contributed by atoms with E-state index in [0.29, 0.717) is 48.9 Å². The molecule has 7 heteroatoms. The average molecular weight is 393 g/mol. The van der Waals surface area contributed by atoms with E-state index in [9.17, 15) is 14.0 Å². The fraction of sp³-hybridized carbons (Fsp3) is 0.300. The predicted octanol–water partition coefficient (Wildman–Crippen LogP) is 3.53. The number of likely N-dealkylation sites (N-methyl/N-ethyl adjacent to an activating group) is 1. The molecule has 0 saturated heterocycles. The summed E-state index contributed by atoms with van der Waals surface area (Å²) < 4.78 is 18.3. The van der Waals surface area contributed by atoms with Crippen LogP contribution in [0.2, 0.25) is 5.02 Å². The van der Waals surface area contributed by atoms with E-state index in [1.54, 1.807) is 48.3 Å². The van der Waals surface area contributed by atoms with E-state index < -0.39 is 0 Å². The second kappa shape index (κ2) is 10.5. The lowest BCUT2D eigenvalue weighted by Crippen LogP contribution is -2.32. The highest BCUT2D eigenvalue weighted by molar-refractivity contribution is 6.30. The van der Waals surface area contributed by atoms with Gasteiger partial charge in [0.1, 0.15) is 18.2 Å². The summed E-state index contributed by atoms with van der Waals surface area (Å²) in [5.41, 5.74) is 0.529. The Hall–Kier alpha value is -2.60. The van der Waals surface area contributed by atoms with E-state index in [2.05, 4.69) is 5.32 Å². The molecule has 0 fully saturated rings. The van der Waals surface area contributed by atoms with Gasteiger partial charge in [0.2, 0.25) is 5.91 Å². The third-order valence-corrected chi connectivity index (χ3v) is 4.15. The van der Waals surface area contributed by atoms with Gasteiger partial charge in [-0.25, -0.2) is 4.39 Å². The zero-order valence-corrected chi connectivity index (χ0v) is 15.8. The second-order valence-corrected chi connectivity index (χ2v) is 6.42. The van der Waals surface area contributed by atoms with Crippen LogP contribution in [0.25, 0.3) is 0 Å². The molecular weight excluding hydrogens is 371 g/mol. The van der Waals surface area contributed by atoms with E-state index in [1.165, 1.54) is 12.1 Å². The van der Waals surface area contributed by atoms with Gasteiger partial charge in [0, 0.05) is 30.6 Å². The first-order valence-electron chi connectivity index (χ1n) is 8.62. The first kappa shape index (κ1) is 20.7. The maximum absolute atomic E-state index is 12.8. The third kappa shape index (κ3) is 7.27. The molecule has 2 aromatic carbocycles. The molecule has 2 aromatic rings. The van der Waals surface area contributed by atoms with Gasteiger partial charge in [-0.1, -0.05) is 11.6 Å². The molecule has 0 heterocycles. The number of carbonyl (C=O) groups excluding carboxylic acids is 2. The zero-order chi connectivity index (χ0) is 19.6. The van der Waals surface area contributed by atoms with Gasteiger partial charge in [0.15, 0.2) is 0 Å². The molecule has 2 amide bonds. The zero-order valence-electron chi connectivity index (χ0n) is 15.1. The minimum Gasteiger partial charge on any atom is -0.492 e. The van der Waals surface area contributed by atoms with Crippen molar-refractivity contribution in [2.24, 2.45) is 0 Å². The van der Waals surface area contributed by atoms with E-state index >= 15 is 0 Å². The monoisotopic (exact) mass is 392 g/mol. The smallest absolute Gasteiger partial charge is 0.251 e. The molecule has 0 saturated carbocycles. The number of nitrogens with one attached hydrogen (secondary N) is 1. The van der Waals surface area contributed by atoms with Gasteiger partial charge in [-0.3, -0.25) is 9.59 Å². The van der Waals surface area contributed by atoms with Crippen LogP contribution in [-0.2, 0) is 4.79 Å². The summed E-state index contributed by atoms with van der Waals surface area (Å²) in [5.74, 6) is 0.0126. The Morgan fingerprint density at radius 1 is 1.11 bits per heavy atom. The average Bonchev–Trinajstić information content (AvgIpc) is 2.67. The van der Waals surface area contributed by atoms with Crippen molar-refractivity contribution in [3.63, 3.8) is 0 Å². The van der Waals surface area contributed by atoms with Crippen molar-refractivity contribution in [3.8, 4) is 5.75 Å². The van der Waals surface area contributed by atoms with E-state index in [1.807, 2.05) is 0 Å². The fourth-order valence-corrected chi connectivity index (χ4v) is 2.42. The Morgan fingerprint density at radius 2 is 1.78 bits per heavy atom. The van der Waals surface area contributed by atoms with Crippen molar-refractivity contribution >= 4 is 23.4 Å². The lowest BCUT2D eigenvalue weighted by atomic mass is 10.2. The van der Waals surface area contributed by atoms with Gasteiger partial charge in [-0.2, -0.15) is 0 Å². The van der Waals surface area contributed by atoms with Crippen LogP contribution in [0.15, 0.2) is 48.5 Å². The first-order valence-corrected chi connectivity index (χ1v) is 8.99. The molecule has 0 spiro atoms. The van der Waals surface area contributed by atoms with Crippen molar-refractivity contribution < 1.29 is 18.7 Å². The summed E-state index contributed by atoms with van der Waals surface area (Å²) in [5, 5.41) is 3.35. The van der Waals surface area contributed by atoms with E-state index in [4.69, 9.17) is 16.3 Å². The lowest BCUT2D eigenvalue weighted by molar-refractivity contribution is -0.130. The summed E-state index contributed by atoms with van der Waals surface area (Å²) >= 11 is 5.79. The van der Waals surface area contributed by atoms with Crippen LogP contribution in [0.3, 0.4) is 0 Å². The summed E-state index contributed by atoms with van der Waals surface area (Å²) in [6.07, 6.45) is 0.870. The Labute approximate surface area is 163 Å². The highest BCUT2D eigenvalue weighted by atomic mass is 35.5. The van der Waals surface area contributed by atoms with Crippen LogP contribution in [0, 0.1) is 5.82 Å². The largest absolute Gasteiger partial charge is 0.492 e. The molecule has 2 rings (SSSR count). The summed E-state index contributed by atoms with van der Waals surface area (Å²) in [6, 6.07) is 12.3. The predicted molar refractivity (Wildman–Crippen MR) is 103 cm³/mol. The van der Waals surface area contributed by atoms with Gasteiger partial charge in [0.25, 0.3) is 5.91 Å². The van der Waals surface area contributed by atoms with Crippen molar-refractivity contribution in [1.29, 1.82) is 0 Å². The van der Waals surface area contributed by atoms with E-state index in [0.717, 1.165) is 0 Å². The second-order valence-electron chi connectivity index (χ2n) is 5.98. The Morgan fingerprint density at radius 3 is 2.44 bits per heavy atom. The first-order chi connectivity index (χ1) is 13.0. The number of nitrogens with zero attached hydrogens (tertiary/aromatic N) is 1. The van der Waals surface area contributed by atoms with Gasteiger partial charge in [-0.15, -0.1) is 0 Å². The van der Waals surface area contributed by atoms with Crippen LogP contribution in [0.4, 0.5) is 4.39 Å². The number of benzene rings is 2. The minimum atomic E-state index is -0.321. The van der Waals surface area contributed by atoms with Gasteiger partial charge in [-0.05, 0) is 55.0 Å². The lowest BCUT2D eigenvalue weighted by Gasteiger charge is -2.17. The van der Waals surface area contributed by atoms with Gasteiger partial charge >= 0.3 is 0 Å². The molecule has 0 aliphatic carbocycles. The quantitative estimate of drug-likeness (QED) is 0.664. The number of amides is 2. The minimum absolute atomic E-state index is 0.0292. The number of rotatable bonds is 9. The standard InChI is InChI=1S/C20H22ClFN2O3/c1-24(13-14-27-18-10-8-17(22)9-11-18)19(25)3-2-12-23-20(26)15-4-6-16(21)7-5-15/h4-11H,2-3,12-14H2,1H3,(H,23,26). The molecule has 0 atom stereocenters. The molecule has 0 aliphatic rings. The van der Waals surface area contributed by atoms with Crippen molar-refractivity contribution in [2.75, 3.05) is 26.7 Å². The molecule has 0 bridgehead atoms.